The van der Waals surface area contributed by atoms with Gasteiger partial charge in [0.2, 0.25) is 10.0 Å². The van der Waals surface area contributed by atoms with E-state index in [2.05, 4.69) is 24.4 Å². The fraction of sp³-hybridized carbons (Fsp3) is 0.208. The number of nitriles is 1. The van der Waals surface area contributed by atoms with Crippen LogP contribution in [0.15, 0.2) is 60.7 Å². The summed E-state index contributed by atoms with van der Waals surface area (Å²) in [5, 5.41) is 12.6. The number of rotatable bonds is 4. The first-order valence-corrected chi connectivity index (χ1v) is 11.6. The lowest BCUT2D eigenvalue weighted by molar-refractivity contribution is 0.395. The van der Waals surface area contributed by atoms with Crippen molar-refractivity contribution in [3.63, 3.8) is 0 Å². The van der Waals surface area contributed by atoms with Crippen LogP contribution in [0.2, 0.25) is 0 Å². The first-order chi connectivity index (χ1) is 14.4. The molecule has 4 rings (SSSR count). The third kappa shape index (κ3) is 3.95. The molecule has 6 heteroatoms. The molecule has 1 heterocycles. The summed E-state index contributed by atoms with van der Waals surface area (Å²) < 4.78 is 25.4. The number of hydrogen-bond acceptors (Lipinski definition) is 4. The van der Waals surface area contributed by atoms with Gasteiger partial charge in [0.15, 0.2) is 0 Å². The normalized spacial score (nSPS) is 14.0. The maximum absolute atomic E-state index is 11.9. The van der Waals surface area contributed by atoms with Crippen molar-refractivity contribution in [2.24, 2.45) is 0 Å². The molecule has 1 aliphatic heterocycles. The fourth-order valence-electron chi connectivity index (χ4n) is 3.94. The van der Waals surface area contributed by atoms with Crippen molar-refractivity contribution < 1.29 is 8.42 Å². The third-order valence-corrected chi connectivity index (χ3v) is 6.88. The number of fused-ring (bicyclic) bond motifs is 1. The zero-order valence-corrected chi connectivity index (χ0v) is 17.8. The highest BCUT2D eigenvalue weighted by atomic mass is 32.2. The molecule has 0 spiro atoms. The van der Waals surface area contributed by atoms with E-state index in [0.717, 1.165) is 33.6 Å². The molecule has 0 atom stereocenters. The summed E-state index contributed by atoms with van der Waals surface area (Å²) in [4.78, 5) is 0. The monoisotopic (exact) mass is 417 g/mol. The highest BCUT2D eigenvalue weighted by Gasteiger charge is 2.24. The van der Waals surface area contributed by atoms with E-state index in [9.17, 15) is 8.42 Å². The summed E-state index contributed by atoms with van der Waals surface area (Å²) in [7, 11) is -3.20. The Morgan fingerprint density at radius 3 is 2.40 bits per heavy atom. The molecule has 3 aromatic rings. The molecule has 0 aromatic heterocycles. The predicted molar refractivity (Wildman–Crippen MR) is 120 cm³/mol. The van der Waals surface area contributed by atoms with E-state index in [0.29, 0.717) is 25.1 Å². The van der Waals surface area contributed by atoms with E-state index < -0.39 is 10.0 Å². The molecule has 0 aliphatic carbocycles. The van der Waals surface area contributed by atoms with E-state index in [1.165, 1.54) is 16.1 Å². The number of nitrogens with zero attached hydrogens (tertiary/aromatic N) is 2. The Morgan fingerprint density at radius 2 is 1.70 bits per heavy atom. The minimum absolute atomic E-state index is 0.411. The molecule has 3 aromatic carbocycles. The van der Waals surface area contributed by atoms with Gasteiger partial charge in [-0.15, -0.1) is 0 Å². The van der Waals surface area contributed by atoms with Crippen LogP contribution in [-0.2, 0) is 23.0 Å². The van der Waals surface area contributed by atoms with Crippen LogP contribution >= 0.6 is 0 Å². The van der Waals surface area contributed by atoms with Gasteiger partial charge in [0, 0.05) is 24.5 Å². The van der Waals surface area contributed by atoms with Crippen LogP contribution < -0.4 is 5.32 Å². The zero-order valence-electron chi connectivity index (χ0n) is 17.0. The van der Waals surface area contributed by atoms with E-state index in [1.54, 1.807) is 0 Å². The second-order valence-corrected chi connectivity index (χ2v) is 9.56. The highest BCUT2D eigenvalue weighted by molar-refractivity contribution is 7.88. The summed E-state index contributed by atoms with van der Waals surface area (Å²) in [6.07, 6.45) is 1.94. The van der Waals surface area contributed by atoms with Crippen LogP contribution in [0.1, 0.15) is 22.3 Å². The van der Waals surface area contributed by atoms with Crippen LogP contribution in [0, 0.1) is 18.3 Å². The van der Waals surface area contributed by atoms with Gasteiger partial charge in [0.25, 0.3) is 0 Å². The molecule has 0 saturated carbocycles. The van der Waals surface area contributed by atoms with Crippen LogP contribution in [0.3, 0.4) is 0 Å². The van der Waals surface area contributed by atoms with Crippen LogP contribution in [-0.4, -0.2) is 25.5 Å². The Hall–Kier alpha value is -3.14. The van der Waals surface area contributed by atoms with Gasteiger partial charge >= 0.3 is 0 Å². The lowest BCUT2D eigenvalue weighted by Crippen LogP contribution is -2.35. The summed E-state index contributed by atoms with van der Waals surface area (Å²) in [5.74, 6) is 0. The van der Waals surface area contributed by atoms with Crippen molar-refractivity contribution in [3.05, 3.63) is 82.9 Å². The van der Waals surface area contributed by atoms with Crippen LogP contribution in [0.5, 0.6) is 0 Å². The van der Waals surface area contributed by atoms with E-state index in [4.69, 9.17) is 5.26 Å². The predicted octanol–water partition coefficient (Wildman–Crippen LogP) is 4.60. The van der Waals surface area contributed by atoms with Crippen molar-refractivity contribution in [1.29, 1.82) is 5.26 Å². The number of sulfonamides is 1. The first-order valence-electron chi connectivity index (χ1n) is 9.80. The lowest BCUT2D eigenvalue weighted by Gasteiger charge is -2.28. The van der Waals surface area contributed by atoms with Gasteiger partial charge in [-0.2, -0.15) is 9.57 Å². The Bertz CT molecular complexity index is 1240. The molecular weight excluding hydrogens is 394 g/mol. The highest BCUT2D eigenvalue weighted by Crippen LogP contribution is 2.33. The van der Waals surface area contributed by atoms with Gasteiger partial charge in [-0.25, -0.2) is 8.42 Å². The molecule has 0 bridgehead atoms. The number of anilines is 2. The largest absolute Gasteiger partial charge is 0.355 e. The maximum atomic E-state index is 11.9. The summed E-state index contributed by atoms with van der Waals surface area (Å²) in [5.41, 5.74) is 8.17. The second kappa shape index (κ2) is 7.94. The van der Waals surface area contributed by atoms with Gasteiger partial charge in [-0.3, -0.25) is 0 Å². The van der Waals surface area contributed by atoms with Gasteiger partial charge < -0.3 is 5.32 Å². The van der Waals surface area contributed by atoms with E-state index >= 15 is 0 Å². The Balaban J connectivity index is 1.65. The molecule has 30 heavy (non-hydrogen) atoms. The second-order valence-electron chi connectivity index (χ2n) is 7.58. The molecule has 0 radical (unpaired) electrons. The minimum Gasteiger partial charge on any atom is -0.355 e. The standard InChI is InChI=1S/C24H23N3O2S/c1-17-21(19-11-9-18(15-25)10-12-19)6-4-7-23(17)26-24-8-3-5-20-16-27(30(2,28)29)14-13-22(20)24/h3-12,26H,13-14,16H2,1-2H3. The van der Waals surface area contributed by atoms with Crippen LogP contribution in [0.25, 0.3) is 11.1 Å². The van der Waals surface area contributed by atoms with Gasteiger partial charge in [0.1, 0.15) is 0 Å². The Kier molecular flexibility index (Phi) is 5.33. The number of benzene rings is 3. The van der Waals surface area contributed by atoms with Crippen molar-refractivity contribution in [3.8, 4) is 17.2 Å². The van der Waals surface area contributed by atoms with Gasteiger partial charge in [0.05, 0.1) is 17.9 Å². The fourth-order valence-corrected chi connectivity index (χ4v) is 4.73. The van der Waals surface area contributed by atoms with Crippen molar-refractivity contribution in [1.82, 2.24) is 4.31 Å². The average molecular weight is 418 g/mol. The molecule has 0 fully saturated rings. The smallest absolute Gasteiger partial charge is 0.211 e. The summed E-state index contributed by atoms with van der Waals surface area (Å²) >= 11 is 0. The minimum atomic E-state index is -3.20. The summed E-state index contributed by atoms with van der Waals surface area (Å²) in [6.45, 7) is 2.99. The number of nitrogens with one attached hydrogen (secondary N) is 1. The van der Waals surface area contributed by atoms with Gasteiger partial charge in [-0.1, -0.05) is 36.4 Å². The summed E-state index contributed by atoms with van der Waals surface area (Å²) in [6, 6.07) is 21.9. The van der Waals surface area contributed by atoms with Crippen molar-refractivity contribution in [2.75, 3.05) is 18.1 Å². The number of hydrogen-bond donors (Lipinski definition) is 1. The van der Waals surface area contributed by atoms with Gasteiger partial charge in [-0.05, 0) is 65.4 Å². The van der Waals surface area contributed by atoms with E-state index in [-0.39, 0.29) is 0 Å². The average Bonchev–Trinajstić information content (AvgIpc) is 2.74. The topological polar surface area (TPSA) is 73.2 Å². The quantitative estimate of drug-likeness (QED) is 0.674. The van der Waals surface area contributed by atoms with Crippen LogP contribution in [0.4, 0.5) is 11.4 Å². The third-order valence-electron chi connectivity index (χ3n) is 5.63. The SMILES string of the molecule is Cc1c(Nc2cccc3c2CCN(S(C)(=O)=O)C3)cccc1-c1ccc(C#N)cc1. The molecular formula is C24H23N3O2S. The Labute approximate surface area is 177 Å². The zero-order chi connectivity index (χ0) is 21.3. The molecule has 5 nitrogen and oxygen atoms in total. The van der Waals surface area contributed by atoms with Crippen molar-refractivity contribution >= 4 is 21.4 Å². The first kappa shape index (κ1) is 20.1. The molecule has 0 saturated heterocycles. The molecule has 1 aliphatic rings. The molecule has 0 unspecified atom stereocenters. The lowest BCUT2D eigenvalue weighted by atomic mass is 9.96. The molecule has 1 N–H and O–H groups in total. The maximum Gasteiger partial charge on any atom is 0.211 e. The Morgan fingerprint density at radius 1 is 1.00 bits per heavy atom. The van der Waals surface area contributed by atoms with Crippen molar-refractivity contribution in [2.45, 2.75) is 19.9 Å². The van der Waals surface area contributed by atoms with E-state index in [1.807, 2.05) is 54.6 Å². The molecule has 0 amide bonds. The molecule has 152 valence electrons.